The summed E-state index contributed by atoms with van der Waals surface area (Å²) < 4.78 is 11.7. The minimum Gasteiger partial charge on any atom is -0.490 e. The third-order valence-electron chi connectivity index (χ3n) is 6.95. The van der Waals surface area contributed by atoms with Crippen LogP contribution in [0.2, 0.25) is 0 Å². The molecule has 0 aliphatic heterocycles. The SMILES string of the molecule is C=C=C(C)C(=O)Oc1ccc(CC(CC)Oc2ccc(N(c3ccc(C)cc3)C3C=CC(C)=CC3)cc2)cc1. The number of ether oxygens (including phenoxy) is 2. The first-order valence-electron chi connectivity index (χ1n) is 13.5. The lowest BCUT2D eigenvalue weighted by Gasteiger charge is -2.33. The molecule has 2 atom stereocenters. The number of esters is 1. The predicted molar refractivity (Wildman–Crippen MR) is 160 cm³/mol. The molecule has 200 valence electrons. The molecule has 4 heteroatoms. The zero-order valence-corrected chi connectivity index (χ0v) is 23.3. The van der Waals surface area contributed by atoms with Crippen LogP contribution in [-0.2, 0) is 11.2 Å². The van der Waals surface area contributed by atoms with Gasteiger partial charge in [-0.3, -0.25) is 0 Å². The second-order valence-corrected chi connectivity index (χ2v) is 10.00. The molecule has 0 radical (unpaired) electrons. The van der Waals surface area contributed by atoms with Crippen molar-refractivity contribution in [2.24, 2.45) is 0 Å². The summed E-state index contributed by atoms with van der Waals surface area (Å²) in [5.74, 6) is 0.907. The van der Waals surface area contributed by atoms with Crippen molar-refractivity contribution in [3.63, 3.8) is 0 Å². The van der Waals surface area contributed by atoms with E-state index in [-0.39, 0.29) is 12.1 Å². The molecule has 0 heterocycles. The largest absolute Gasteiger partial charge is 0.490 e. The molecule has 39 heavy (non-hydrogen) atoms. The summed E-state index contributed by atoms with van der Waals surface area (Å²) in [7, 11) is 0. The molecule has 0 spiro atoms. The summed E-state index contributed by atoms with van der Waals surface area (Å²) in [4.78, 5) is 14.3. The number of rotatable bonds is 10. The maximum absolute atomic E-state index is 11.9. The molecular formula is C35H37NO3. The van der Waals surface area contributed by atoms with Gasteiger partial charge in [-0.05, 0) is 87.7 Å². The number of aryl methyl sites for hydroxylation is 1. The topological polar surface area (TPSA) is 38.8 Å². The number of hydrogen-bond acceptors (Lipinski definition) is 4. The number of nitrogens with zero attached hydrogens (tertiary/aromatic N) is 1. The highest BCUT2D eigenvalue weighted by Crippen LogP contribution is 2.33. The van der Waals surface area contributed by atoms with Crippen LogP contribution < -0.4 is 14.4 Å². The van der Waals surface area contributed by atoms with Crippen LogP contribution >= 0.6 is 0 Å². The van der Waals surface area contributed by atoms with Crippen molar-refractivity contribution < 1.29 is 14.3 Å². The molecule has 3 aromatic rings. The molecule has 0 saturated carbocycles. The summed E-state index contributed by atoms with van der Waals surface area (Å²) in [5, 5.41) is 0. The maximum Gasteiger partial charge on any atom is 0.346 e. The highest BCUT2D eigenvalue weighted by atomic mass is 16.5. The van der Waals surface area contributed by atoms with E-state index in [9.17, 15) is 4.79 Å². The fraction of sp³-hybridized carbons (Fsp3) is 0.257. The van der Waals surface area contributed by atoms with Crippen molar-refractivity contribution in [1.82, 2.24) is 0 Å². The standard InChI is InChI=1S/C35H37NO3/c1-6-27(5)35(37)39-34-20-12-28(13-21-34)24-32(7-2)38-33-22-18-31(19-23-33)36(29-14-8-25(3)9-15-29)30-16-10-26(4)11-17-30/h8-16,18-23,30,32H,1,7,17,24H2,2-5H3. The van der Waals surface area contributed by atoms with Gasteiger partial charge >= 0.3 is 5.97 Å². The Balaban J connectivity index is 1.44. The summed E-state index contributed by atoms with van der Waals surface area (Å²) in [6.45, 7) is 11.5. The van der Waals surface area contributed by atoms with Crippen LogP contribution in [0.1, 0.15) is 44.7 Å². The number of carbonyl (C=O) groups excluding carboxylic acids is 1. The van der Waals surface area contributed by atoms with E-state index in [1.54, 1.807) is 19.1 Å². The van der Waals surface area contributed by atoms with Gasteiger partial charge in [0.1, 0.15) is 17.6 Å². The van der Waals surface area contributed by atoms with Gasteiger partial charge in [-0.2, -0.15) is 0 Å². The smallest absolute Gasteiger partial charge is 0.346 e. The third kappa shape index (κ3) is 7.40. The van der Waals surface area contributed by atoms with E-state index in [2.05, 4.69) is 105 Å². The van der Waals surface area contributed by atoms with Gasteiger partial charge in [0.15, 0.2) is 0 Å². The van der Waals surface area contributed by atoms with E-state index in [1.807, 2.05) is 12.1 Å². The van der Waals surface area contributed by atoms with Gasteiger partial charge in [0.2, 0.25) is 0 Å². The number of anilines is 2. The Hall–Kier alpha value is -4.27. The molecule has 0 fully saturated rings. The van der Waals surface area contributed by atoms with Crippen molar-refractivity contribution in [2.75, 3.05) is 4.90 Å². The Kier molecular flexibility index (Phi) is 9.25. The molecule has 3 aromatic carbocycles. The average molecular weight is 520 g/mol. The lowest BCUT2D eigenvalue weighted by atomic mass is 10.0. The van der Waals surface area contributed by atoms with Gasteiger partial charge in [-0.1, -0.05) is 67.1 Å². The van der Waals surface area contributed by atoms with Crippen LogP contribution in [-0.4, -0.2) is 18.1 Å². The van der Waals surface area contributed by atoms with Crippen LogP contribution in [0.3, 0.4) is 0 Å². The molecule has 0 amide bonds. The van der Waals surface area contributed by atoms with Crippen LogP contribution in [0, 0.1) is 6.92 Å². The van der Waals surface area contributed by atoms with E-state index < -0.39 is 5.97 Å². The van der Waals surface area contributed by atoms with Crippen LogP contribution in [0.15, 0.2) is 114 Å². The molecule has 0 saturated heterocycles. The van der Waals surface area contributed by atoms with Crippen molar-refractivity contribution in [3.8, 4) is 11.5 Å². The van der Waals surface area contributed by atoms with Gasteiger partial charge < -0.3 is 14.4 Å². The van der Waals surface area contributed by atoms with Crippen LogP contribution in [0.5, 0.6) is 11.5 Å². The fourth-order valence-electron chi connectivity index (χ4n) is 4.50. The van der Waals surface area contributed by atoms with E-state index in [4.69, 9.17) is 9.47 Å². The van der Waals surface area contributed by atoms with Gasteiger partial charge in [-0.15, -0.1) is 5.73 Å². The first-order valence-corrected chi connectivity index (χ1v) is 13.5. The molecule has 0 bridgehead atoms. The Morgan fingerprint density at radius 3 is 2.15 bits per heavy atom. The highest BCUT2D eigenvalue weighted by molar-refractivity contribution is 5.89. The monoisotopic (exact) mass is 519 g/mol. The fourth-order valence-corrected chi connectivity index (χ4v) is 4.50. The van der Waals surface area contributed by atoms with Crippen molar-refractivity contribution in [1.29, 1.82) is 0 Å². The number of benzene rings is 3. The molecule has 4 nitrogen and oxygen atoms in total. The van der Waals surface area contributed by atoms with Gasteiger partial charge in [-0.25, -0.2) is 4.79 Å². The van der Waals surface area contributed by atoms with E-state index in [1.165, 1.54) is 16.8 Å². The van der Waals surface area contributed by atoms with Gasteiger partial charge in [0.25, 0.3) is 0 Å². The Bertz CT molecular complexity index is 1380. The quantitative estimate of drug-likeness (QED) is 0.117. The van der Waals surface area contributed by atoms with Crippen molar-refractivity contribution in [3.05, 3.63) is 126 Å². The number of hydrogen-bond donors (Lipinski definition) is 0. The zero-order chi connectivity index (χ0) is 27.8. The summed E-state index contributed by atoms with van der Waals surface area (Å²) in [6, 6.07) is 24.9. The normalized spacial score (nSPS) is 15.1. The van der Waals surface area contributed by atoms with Crippen LogP contribution in [0.4, 0.5) is 11.4 Å². The van der Waals surface area contributed by atoms with Gasteiger partial charge in [0, 0.05) is 17.8 Å². The minimum atomic E-state index is -0.442. The van der Waals surface area contributed by atoms with E-state index in [0.29, 0.717) is 11.3 Å². The molecule has 4 rings (SSSR count). The first-order chi connectivity index (χ1) is 18.9. The Morgan fingerprint density at radius 1 is 0.974 bits per heavy atom. The van der Waals surface area contributed by atoms with Crippen LogP contribution in [0.25, 0.3) is 0 Å². The average Bonchev–Trinajstić information content (AvgIpc) is 2.96. The summed E-state index contributed by atoms with van der Waals surface area (Å²) >= 11 is 0. The molecule has 1 aliphatic rings. The third-order valence-corrected chi connectivity index (χ3v) is 6.95. The Morgan fingerprint density at radius 2 is 1.59 bits per heavy atom. The molecular weight excluding hydrogens is 482 g/mol. The molecule has 0 N–H and O–H groups in total. The summed E-state index contributed by atoms with van der Waals surface area (Å²) in [5.41, 5.74) is 8.89. The van der Waals surface area contributed by atoms with Crippen molar-refractivity contribution in [2.45, 2.75) is 59.1 Å². The van der Waals surface area contributed by atoms with Crippen molar-refractivity contribution >= 4 is 17.3 Å². The maximum atomic E-state index is 11.9. The number of allylic oxidation sites excluding steroid dienone is 2. The second kappa shape index (κ2) is 13.0. The lowest BCUT2D eigenvalue weighted by Crippen LogP contribution is -2.30. The Labute approximate surface area is 232 Å². The molecule has 2 unspecified atom stereocenters. The zero-order valence-electron chi connectivity index (χ0n) is 23.3. The second-order valence-electron chi connectivity index (χ2n) is 10.00. The highest BCUT2D eigenvalue weighted by Gasteiger charge is 2.20. The molecule has 0 aromatic heterocycles. The lowest BCUT2D eigenvalue weighted by molar-refractivity contribution is -0.130. The van der Waals surface area contributed by atoms with Gasteiger partial charge in [0.05, 0.1) is 11.6 Å². The molecule has 1 aliphatic carbocycles. The minimum absolute atomic E-state index is 0.0257. The summed E-state index contributed by atoms with van der Waals surface area (Å²) in [6.07, 6.45) is 9.41. The first kappa shape index (κ1) is 27.8. The number of carbonyl (C=O) groups is 1. The van der Waals surface area contributed by atoms with E-state index >= 15 is 0 Å². The predicted octanol–water partition coefficient (Wildman–Crippen LogP) is 8.44. The van der Waals surface area contributed by atoms with E-state index in [0.717, 1.165) is 36.3 Å².